The van der Waals surface area contributed by atoms with E-state index in [0.717, 1.165) is 36.4 Å². The molecule has 0 unspecified atom stereocenters. The van der Waals surface area contributed by atoms with Crippen LogP contribution < -0.4 is 26.8 Å². The number of piperazine rings is 1. The fourth-order valence-electron chi connectivity index (χ4n) is 3.76. The third-order valence-electron chi connectivity index (χ3n) is 5.48. The first-order valence-corrected chi connectivity index (χ1v) is 10.3. The lowest BCUT2D eigenvalue weighted by atomic mass is 10.3. The summed E-state index contributed by atoms with van der Waals surface area (Å²) >= 11 is 0. The lowest BCUT2D eigenvalue weighted by molar-refractivity contribution is 0.589. The van der Waals surface area contributed by atoms with Crippen molar-refractivity contribution in [2.45, 2.75) is 0 Å². The predicted molar refractivity (Wildman–Crippen MR) is 133 cm³/mol. The first-order valence-electron chi connectivity index (χ1n) is 10.3. The molecule has 11 heteroatoms. The summed E-state index contributed by atoms with van der Waals surface area (Å²) in [6, 6.07) is 12.9. The summed E-state index contributed by atoms with van der Waals surface area (Å²) in [4.78, 5) is 41.0. The van der Waals surface area contributed by atoms with Crippen molar-refractivity contribution in [1.29, 1.82) is 0 Å². The Bertz CT molecular complexity index is 1380. The fourth-order valence-corrected chi connectivity index (χ4v) is 3.76. The van der Waals surface area contributed by atoms with E-state index in [1.165, 1.54) is 17.8 Å². The molecule has 1 fully saturated rings. The Morgan fingerprint density at radius 3 is 2.39 bits per heavy atom. The molecule has 3 aromatic heterocycles. The standard InChI is InChI=1S/C22H22N8O2.BrH/c1-28-20(31)17-14-25-21(27-19(17)30(22(28)32)15-5-3-2-4-6-15)26-18-8-7-16(13-24-18)29-11-9-23-10-12-29;/h2-8,13-14,23H,9-12H2,1H3,(H,24,25,26,27);1H. The van der Waals surface area contributed by atoms with Gasteiger partial charge in [0, 0.05) is 39.4 Å². The first-order chi connectivity index (χ1) is 15.6. The summed E-state index contributed by atoms with van der Waals surface area (Å²) < 4.78 is 2.46. The third kappa shape index (κ3) is 4.37. The zero-order valence-electron chi connectivity index (χ0n) is 17.9. The van der Waals surface area contributed by atoms with Crippen LogP contribution in [0.2, 0.25) is 0 Å². The number of benzene rings is 1. The number of hydrogen-bond acceptors (Lipinski definition) is 8. The number of para-hydroxylation sites is 1. The zero-order chi connectivity index (χ0) is 22.1. The van der Waals surface area contributed by atoms with E-state index in [0.29, 0.717) is 11.5 Å². The van der Waals surface area contributed by atoms with Crippen molar-refractivity contribution in [1.82, 2.24) is 29.4 Å². The van der Waals surface area contributed by atoms with E-state index in [-0.39, 0.29) is 34.0 Å². The molecule has 4 heterocycles. The third-order valence-corrected chi connectivity index (χ3v) is 5.48. The lowest BCUT2D eigenvalue weighted by Gasteiger charge is -2.29. The van der Waals surface area contributed by atoms with Crippen LogP contribution >= 0.6 is 17.0 Å². The van der Waals surface area contributed by atoms with Gasteiger partial charge in [-0.1, -0.05) is 18.2 Å². The topological polar surface area (TPSA) is 110 Å². The first kappa shape index (κ1) is 22.6. The van der Waals surface area contributed by atoms with Crippen LogP contribution in [0.1, 0.15) is 0 Å². The summed E-state index contributed by atoms with van der Waals surface area (Å²) in [5.41, 5.74) is 0.984. The summed E-state index contributed by atoms with van der Waals surface area (Å²) in [7, 11) is 1.44. The predicted octanol–water partition coefficient (Wildman–Crippen LogP) is 1.61. The number of hydrogen-bond donors (Lipinski definition) is 2. The molecule has 10 nitrogen and oxygen atoms in total. The Hall–Kier alpha value is -3.57. The van der Waals surface area contributed by atoms with E-state index in [1.54, 1.807) is 12.1 Å². The SMILES string of the molecule is Br.Cn1c(=O)c2cnc(Nc3ccc(N4CCNCC4)cn3)nc2n(-c2ccccc2)c1=O. The van der Waals surface area contributed by atoms with E-state index in [1.807, 2.05) is 36.5 Å². The Balaban J connectivity index is 0.00000259. The van der Waals surface area contributed by atoms with Crippen molar-refractivity contribution in [2.75, 3.05) is 36.4 Å². The number of nitrogens with one attached hydrogen (secondary N) is 2. The van der Waals surface area contributed by atoms with E-state index in [9.17, 15) is 9.59 Å². The number of anilines is 3. The highest BCUT2D eigenvalue weighted by molar-refractivity contribution is 8.93. The van der Waals surface area contributed by atoms with Gasteiger partial charge in [0.15, 0.2) is 5.65 Å². The Morgan fingerprint density at radius 2 is 1.70 bits per heavy atom. The lowest BCUT2D eigenvalue weighted by Crippen LogP contribution is -2.43. The van der Waals surface area contributed by atoms with E-state index in [4.69, 9.17) is 0 Å². The van der Waals surface area contributed by atoms with Crippen LogP contribution in [0.5, 0.6) is 0 Å². The van der Waals surface area contributed by atoms with E-state index < -0.39 is 11.2 Å². The van der Waals surface area contributed by atoms with Gasteiger partial charge in [-0.15, -0.1) is 17.0 Å². The molecule has 0 saturated carbocycles. The van der Waals surface area contributed by atoms with Gasteiger partial charge in [0.1, 0.15) is 11.2 Å². The molecule has 170 valence electrons. The molecule has 33 heavy (non-hydrogen) atoms. The summed E-state index contributed by atoms with van der Waals surface area (Å²) in [5, 5.41) is 6.66. The van der Waals surface area contributed by atoms with Crippen molar-refractivity contribution < 1.29 is 0 Å². The average molecular weight is 511 g/mol. The molecule has 0 amide bonds. The Kier molecular flexibility index (Phi) is 6.52. The van der Waals surface area contributed by atoms with Gasteiger partial charge in [-0.3, -0.25) is 9.36 Å². The van der Waals surface area contributed by atoms with Gasteiger partial charge in [0.2, 0.25) is 5.95 Å². The van der Waals surface area contributed by atoms with Crippen molar-refractivity contribution in [3.63, 3.8) is 0 Å². The minimum Gasteiger partial charge on any atom is -0.368 e. The zero-order valence-corrected chi connectivity index (χ0v) is 19.6. The maximum absolute atomic E-state index is 12.9. The fraction of sp³-hybridized carbons (Fsp3) is 0.227. The summed E-state index contributed by atoms with van der Waals surface area (Å²) in [6.07, 6.45) is 3.24. The minimum atomic E-state index is -0.475. The second-order valence-corrected chi connectivity index (χ2v) is 7.51. The molecule has 0 radical (unpaired) electrons. The number of aromatic nitrogens is 5. The quantitative estimate of drug-likeness (QED) is 0.426. The van der Waals surface area contributed by atoms with Crippen LogP contribution in [-0.4, -0.2) is 50.3 Å². The maximum atomic E-state index is 12.9. The number of halogens is 1. The van der Waals surface area contributed by atoms with Gasteiger partial charge < -0.3 is 15.5 Å². The van der Waals surface area contributed by atoms with Gasteiger partial charge in [-0.2, -0.15) is 4.98 Å². The van der Waals surface area contributed by atoms with Crippen molar-refractivity contribution in [2.24, 2.45) is 7.05 Å². The van der Waals surface area contributed by atoms with E-state index in [2.05, 4.69) is 30.5 Å². The van der Waals surface area contributed by atoms with Crippen LogP contribution in [0.15, 0.2) is 64.4 Å². The summed E-state index contributed by atoms with van der Waals surface area (Å²) in [5.74, 6) is 0.818. The monoisotopic (exact) mass is 510 g/mol. The van der Waals surface area contributed by atoms with Crippen molar-refractivity contribution in [3.8, 4) is 5.69 Å². The van der Waals surface area contributed by atoms with Gasteiger partial charge in [-0.05, 0) is 24.3 Å². The largest absolute Gasteiger partial charge is 0.368 e. The molecular weight excluding hydrogens is 488 g/mol. The molecule has 0 bridgehead atoms. The van der Waals surface area contributed by atoms with Gasteiger partial charge in [-0.25, -0.2) is 19.3 Å². The molecule has 1 aliphatic heterocycles. The molecule has 1 aromatic carbocycles. The van der Waals surface area contributed by atoms with Crippen LogP contribution in [0, 0.1) is 0 Å². The highest BCUT2D eigenvalue weighted by Crippen LogP contribution is 2.19. The number of nitrogens with zero attached hydrogens (tertiary/aromatic N) is 6. The van der Waals surface area contributed by atoms with Crippen molar-refractivity contribution in [3.05, 3.63) is 75.7 Å². The highest BCUT2D eigenvalue weighted by Gasteiger charge is 2.15. The van der Waals surface area contributed by atoms with Crippen molar-refractivity contribution >= 4 is 45.5 Å². The Morgan fingerprint density at radius 1 is 0.939 bits per heavy atom. The van der Waals surface area contributed by atoms with E-state index >= 15 is 0 Å². The number of fused-ring (bicyclic) bond motifs is 1. The molecule has 1 aliphatic rings. The molecule has 0 aliphatic carbocycles. The molecular formula is C22H23BrN8O2. The van der Waals surface area contributed by atoms with Gasteiger partial charge in [0.05, 0.1) is 17.6 Å². The molecule has 0 spiro atoms. The van der Waals surface area contributed by atoms with Crippen LogP contribution in [0.3, 0.4) is 0 Å². The maximum Gasteiger partial charge on any atom is 0.337 e. The molecule has 0 atom stereocenters. The normalized spacial score (nSPS) is 13.5. The highest BCUT2D eigenvalue weighted by atomic mass is 79.9. The molecule has 2 N–H and O–H groups in total. The van der Waals surface area contributed by atoms with Crippen LogP contribution in [0.25, 0.3) is 16.7 Å². The molecule has 1 saturated heterocycles. The van der Waals surface area contributed by atoms with Gasteiger partial charge >= 0.3 is 5.69 Å². The minimum absolute atomic E-state index is 0. The summed E-state index contributed by atoms with van der Waals surface area (Å²) in [6.45, 7) is 3.78. The van der Waals surface area contributed by atoms with Gasteiger partial charge in [0.25, 0.3) is 5.56 Å². The molecule has 5 rings (SSSR count). The second-order valence-electron chi connectivity index (χ2n) is 7.51. The Labute approximate surface area is 199 Å². The average Bonchev–Trinajstić information content (AvgIpc) is 2.84. The second kappa shape index (κ2) is 9.51. The number of rotatable bonds is 4. The number of pyridine rings is 1. The smallest absolute Gasteiger partial charge is 0.337 e. The molecule has 4 aromatic rings. The van der Waals surface area contributed by atoms with Crippen LogP contribution in [-0.2, 0) is 7.05 Å². The van der Waals surface area contributed by atoms with Crippen LogP contribution in [0.4, 0.5) is 17.5 Å².